The maximum atomic E-state index is 12.1. The number of hydrogen-bond acceptors (Lipinski definition) is 4. The number of benzene rings is 1. The number of nitrogens with one attached hydrogen (secondary N) is 1. The third-order valence-electron chi connectivity index (χ3n) is 4.39. The third kappa shape index (κ3) is 4.87. The molecular weight excluding hydrogens is 302 g/mol. The summed E-state index contributed by atoms with van der Waals surface area (Å²) < 4.78 is 5.46. The van der Waals surface area contributed by atoms with Crippen LogP contribution < -0.4 is 15.0 Å². The second-order valence-corrected chi connectivity index (χ2v) is 7.58. The Morgan fingerprint density at radius 1 is 1.21 bits per heavy atom. The number of para-hydroxylation sites is 2. The zero-order valence-corrected chi connectivity index (χ0v) is 15.6. The molecule has 1 fully saturated rings. The van der Waals surface area contributed by atoms with E-state index in [1.807, 2.05) is 39.0 Å². The standard InChI is InChI=1S/C19H31N3O2/c1-15(20-18(23)19(2,3)4)14-21-10-12-22(13-11-21)16-8-6-7-9-17(16)24-5/h6-9,15H,10-14H2,1-5H3,(H,20,23). The number of carbonyl (C=O) groups is 1. The molecule has 1 atom stereocenters. The molecular formula is C19H31N3O2. The first-order valence-electron chi connectivity index (χ1n) is 8.72. The van der Waals surface area contributed by atoms with Crippen molar-refractivity contribution in [3.05, 3.63) is 24.3 Å². The lowest BCUT2D eigenvalue weighted by Crippen LogP contribution is -2.52. The van der Waals surface area contributed by atoms with Crippen LogP contribution in [-0.4, -0.2) is 56.7 Å². The molecule has 2 rings (SSSR count). The van der Waals surface area contributed by atoms with E-state index in [0.717, 1.165) is 44.2 Å². The van der Waals surface area contributed by atoms with Crippen molar-refractivity contribution in [2.24, 2.45) is 5.41 Å². The van der Waals surface area contributed by atoms with Crippen LogP contribution in [0.25, 0.3) is 0 Å². The van der Waals surface area contributed by atoms with Gasteiger partial charge in [-0.05, 0) is 19.1 Å². The van der Waals surface area contributed by atoms with E-state index in [-0.39, 0.29) is 17.4 Å². The second-order valence-electron chi connectivity index (χ2n) is 7.58. The lowest BCUT2D eigenvalue weighted by molar-refractivity contribution is -0.129. The molecule has 1 aromatic rings. The minimum absolute atomic E-state index is 0.114. The van der Waals surface area contributed by atoms with Crippen molar-refractivity contribution in [2.45, 2.75) is 33.7 Å². The SMILES string of the molecule is COc1ccccc1N1CCN(CC(C)NC(=O)C(C)(C)C)CC1. The fourth-order valence-electron chi connectivity index (χ4n) is 2.94. The van der Waals surface area contributed by atoms with Gasteiger partial charge in [-0.25, -0.2) is 0 Å². The van der Waals surface area contributed by atoms with Crippen LogP contribution in [0, 0.1) is 5.41 Å². The molecule has 0 spiro atoms. The fraction of sp³-hybridized carbons (Fsp3) is 0.632. The number of rotatable bonds is 5. The van der Waals surface area contributed by atoms with Gasteiger partial charge < -0.3 is 15.0 Å². The molecule has 5 nitrogen and oxygen atoms in total. The molecule has 0 radical (unpaired) electrons. The number of methoxy groups -OCH3 is 1. The van der Waals surface area contributed by atoms with Gasteiger partial charge in [0.15, 0.2) is 0 Å². The van der Waals surface area contributed by atoms with E-state index >= 15 is 0 Å². The van der Waals surface area contributed by atoms with Crippen LogP contribution >= 0.6 is 0 Å². The van der Waals surface area contributed by atoms with Gasteiger partial charge in [0.1, 0.15) is 5.75 Å². The molecule has 134 valence electrons. The van der Waals surface area contributed by atoms with E-state index in [1.54, 1.807) is 7.11 Å². The summed E-state index contributed by atoms with van der Waals surface area (Å²) in [6.07, 6.45) is 0. The third-order valence-corrected chi connectivity index (χ3v) is 4.39. The predicted molar refractivity (Wildman–Crippen MR) is 98.7 cm³/mol. The molecule has 0 aromatic heterocycles. The first kappa shape index (κ1) is 18.6. The summed E-state index contributed by atoms with van der Waals surface area (Å²) >= 11 is 0. The van der Waals surface area contributed by atoms with Crippen LogP contribution in [0.3, 0.4) is 0 Å². The Bertz CT molecular complexity index is 546. The van der Waals surface area contributed by atoms with Gasteiger partial charge in [-0.15, -0.1) is 0 Å². The highest BCUT2D eigenvalue weighted by molar-refractivity contribution is 5.81. The van der Waals surface area contributed by atoms with Crippen molar-refractivity contribution < 1.29 is 9.53 Å². The van der Waals surface area contributed by atoms with Crippen molar-refractivity contribution in [1.29, 1.82) is 0 Å². The summed E-state index contributed by atoms with van der Waals surface area (Å²) in [6, 6.07) is 8.33. The highest BCUT2D eigenvalue weighted by Gasteiger charge is 2.25. The molecule has 1 amide bonds. The number of ether oxygens (including phenoxy) is 1. The largest absolute Gasteiger partial charge is 0.495 e. The lowest BCUT2D eigenvalue weighted by Gasteiger charge is -2.38. The Kier molecular flexibility index (Phi) is 6.10. The monoisotopic (exact) mass is 333 g/mol. The molecule has 1 unspecified atom stereocenters. The van der Waals surface area contributed by atoms with E-state index in [2.05, 4.69) is 28.1 Å². The van der Waals surface area contributed by atoms with Crippen LogP contribution in [0.1, 0.15) is 27.7 Å². The molecule has 0 saturated carbocycles. The Morgan fingerprint density at radius 2 is 1.83 bits per heavy atom. The van der Waals surface area contributed by atoms with E-state index in [4.69, 9.17) is 4.74 Å². The van der Waals surface area contributed by atoms with E-state index in [1.165, 1.54) is 0 Å². The lowest BCUT2D eigenvalue weighted by atomic mass is 9.95. The molecule has 5 heteroatoms. The normalized spacial score (nSPS) is 17.5. The molecule has 24 heavy (non-hydrogen) atoms. The van der Waals surface area contributed by atoms with Crippen LogP contribution in [0.4, 0.5) is 5.69 Å². The fourth-order valence-corrected chi connectivity index (χ4v) is 2.94. The van der Waals surface area contributed by atoms with Crippen molar-refractivity contribution >= 4 is 11.6 Å². The smallest absolute Gasteiger partial charge is 0.225 e. The molecule has 0 aliphatic carbocycles. The van der Waals surface area contributed by atoms with Gasteiger partial charge in [-0.1, -0.05) is 32.9 Å². The van der Waals surface area contributed by atoms with Crippen molar-refractivity contribution in [3.63, 3.8) is 0 Å². The van der Waals surface area contributed by atoms with E-state index in [9.17, 15) is 4.79 Å². The minimum Gasteiger partial charge on any atom is -0.495 e. The summed E-state index contributed by atoms with van der Waals surface area (Å²) in [5.41, 5.74) is 0.824. The summed E-state index contributed by atoms with van der Waals surface area (Å²) in [7, 11) is 1.72. The maximum absolute atomic E-state index is 12.1. The molecule has 1 aliphatic rings. The van der Waals surface area contributed by atoms with Gasteiger partial charge >= 0.3 is 0 Å². The van der Waals surface area contributed by atoms with Crippen molar-refractivity contribution in [3.8, 4) is 5.75 Å². The van der Waals surface area contributed by atoms with Crippen LogP contribution in [0.5, 0.6) is 5.75 Å². The van der Waals surface area contributed by atoms with Gasteiger partial charge in [-0.3, -0.25) is 9.69 Å². The average molecular weight is 333 g/mol. The summed E-state index contributed by atoms with van der Waals surface area (Å²) in [4.78, 5) is 16.9. The molecule has 1 heterocycles. The number of carbonyl (C=O) groups excluding carboxylic acids is 1. The molecule has 1 aromatic carbocycles. The Hall–Kier alpha value is -1.75. The second kappa shape index (κ2) is 7.88. The number of hydrogen-bond donors (Lipinski definition) is 1. The topological polar surface area (TPSA) is 44.8 Å². The Labute approximate surface area is 146 Å². The first-order valence-corrected chi connectivity index (χ1v) is 8.72. The van der Waals surface area contributed by atoms with Crippen molar-refractivity contribution in [2.75, 3.05) is 44.7 Å². The molecule has 1 aliphatic heterocycles. The van der Waals surface area contributed by atoms with Gasteiger partial charge in [0.05, 0.1) is 12.8 Å². The maximum Gasteiger partial charge on any atom is 0.225 e. The summed E-state index contributed by atoms with van der Waals surface area (Å²) in [6.45, 7) is 12.7. The summed E-state index contributed by atoms with van der Waals surface area (Å²) in [5.74, 6) is 1.04. The zero-order chi connectivity index (χ0) is 17.7. The van der Waals surface area contributed by atoms with Gasteiger partial charge in [0, 0.05) is 44.2 Å². The molecule has 1 N–H and O–H groups in total. The van der Waals surface area contributed by atoms with Gasteiger partial charge in [0.2, 0.25) is 5.91 Å². The minimum atomic E-state index is -0.336. The highest BCUT2D eigenvalue weighted by atomic mass is 16.5. The first-order chi connectivity index (χ1) is 11.3. The van der Waals surface area contributed by atoms with Gasteiger partial charge in [0.25, 0.3) is 0 Å². The Morgan fingerprint density at radius 3 is 2.42 bits per heavy atom. The number of nitrogens with zero attached hydrogens (tertiary/aromatic N) is 2. The van der Waals surface area contributed by atoms with Crippen LogP contribution in [0.15, 0.2) is 24.3 Å². The van der Waals surface area contributed by atoms with Crippen LogP contribution in [-0.2, 0) is 4.79 Å². The number of amides is 1. The molecule has 1 saturated heterocycles. The van der Waals surface area contributed by atoms with Crippen molar-refractivity contribution in [1.82, 2.24) is 10.2 Å². The predicted octanol–water partition coefficient (Wildman–Crippen LogP) is 2.37. The van der Waals surface area contributed by atoms with E-state index < -0.39 is 0 Å². The quantitative estimate of drug-likeness (QED) is 0.898. The zero-order valence-electron chi connectivity index (χ0n) is 15.6. The molecule has 0 bridgehead atoms. The number of piperazine rings is 1. The summed E-state index contributed by atoms with van der Waals surface area (Å²) in [5, 5.41) is 3.11. The number of anilines is 1. The average Bonchev–Trinajstić information content (AvgIpc) is 2.54. The highest BCUT2D eigenvalue weighted by Crippen LogP contribution is 2.28. The Balaban J connectivity index is 1.83. The van der Waals surface area contributed by atoms with Gasteiger partial charge in [-0.2, -0.15) is 0 Å². The van der Waals surface area contributed by atoms with E-state index in [0.29, 0.717) is 0 Å². The van der Waals surface area contributed by atoms with Crippen LogP contribution in [0.2, 0.25) is 0 Å².